The normalized spacial score (nSPS) is 11.6. The molecule has 10 rings (SSSR count). The van der Waals surface area contributed by atoms with Crippen molar-refractivity contribution in [2.45, 2.75) is 0 Å². The van der Waals surface area contributed by atoms with E-state index < -0.39 is 0 Å². The van der Waals surface area contributed by atoms with E-state index in [1.165, 1.54) is 4.70 Å². The van der Waals surface area contributed by atoms with Crippen molar-refractivity contribution in [1.29, 1.82) is 0 Å². The molecule has 5 nitrogen and oxygen atoms in total. The summed E-state index contributed by atoms with van der Waals surface area (Å²) in [6.07, 6.45) is 0. The van der Waals surface area contributed by atoms with Gasteiger partial charge in [0, 0.05) is 37.7 Å². The Balaban J connectivity index is 1.12. The lowest BCUT2D eigenvalue weighted by molar-refractivity contribution is 0.667. The lowest BCUT2D eigenvalue weighted by Gasteiger charge is -2.10. The van der Waals surface area contributed by atoms with Crippen molar-refractivity contribution in [1.82, 2.24) is 19.9 Å². The molecule has 0 N–H and O–H groups in total. The highest BCUT2D eigenvalue weighted by Gasteiger charge is 2.19. The molecule has 10 aromatic rings. The van der Waals surface area contributed by atoms with Crippen LogP contribution in [0, 0.1) is 0 Å². The van der Waals surface area contributed by atoms with Crippen LogP contribution in [0.3, 0.4) is 0 Å². The van der Waals surface area contributed by atoms with Crippen molar-refractivity contribution in [2.24, 2.45) is 0 Å². The first-order valence-electron chi connectivity index (χ1n) is 16.5. The maximum atomic E-state index is 6.42. The molecule has 0 aliphatic heterocycles. The molecule has 6 heteroatoms. The third kappa shape index (κ3) is 4.77. The van der Waals surface area contributed by atoms with Crippen LogP contribution in [0.1, 0.15) is 0 Å². The molecular formula is C44H26N4OS. The van der Waals surface area contributed by atoms with Crippen LogP contribution in [0.4, 0.5) is 0 Å². The topological polar surface area (TPSA) is 64.7 Å². The van der Waals surface area contributed by atoms with Crippen molar-refractivity contribution in [2.75, 3.05) is 0 Å². The zero-order chi connectivity index (χ0) is 33.0. The largest absolute Gasteiger partial charge is 0.452 e. The fourth-order valence-corrected chi connectivity index (χ4v) is 7.85. The maximum Gasteiger partial charge on any atom is 0.180 e. The van der Waals surface area contributed by atoms with Gasteiger partial charge in [0.2, 0.25) is 0 Å². The van der Waals surface area contributed by atoms with Crippen molar-refractivity contribution in [3.8, 4) is 56.4 Å². The van der Waals surface area contributed by atoms with Gasteiger partial charge in [-0.3, -0.25) is 0 Å². The minimum atomic E-state index is 0.662. The third-order valence-corrected chi connectivity index (χ3v) is 10.3. The molecule has 6 aromatic carbocycles. The lowest BCUT2D eigenvalue weighted by atomic mass is 9.99. The summed E-state index contributed by atoms with van der Waals surface area (Å²) in [5.74, 6) is 1.36. The molecule has 0 atom stereocenters. The SMILES string of the molecule is c1ccc(-c2nc(-c3cccc(-c4cccc(-c5nc(-c6ccccc6)c6sc7ccccc7c6n5)c4)c3)c3oc4ccccc4c3n2)cc1. The van der Waals surface area contributed by atoms with Gasteiger partial charge in [-0.15, -0.1) is 11.3 Å². The zero-order valence-corrected chi connectivity index (χ0v) is 27.4. The Morgan fingerprint density at radius 2 is 0.960 bits per heavy atom. The van der Waals surface area contributed by atoms with Gasteiger partial charge in [-0.25, -0.2) is 19.9 Å². The Labute approximate surface area is 291 Å². The minimum absolute atomic E-state index is 0.662. The average molecular weight is 659 g/mol. The Morgan fingerprint density at radius 3 is 1.76 bits per heavy atom. The van der Waals surface area contributed by atoms with E-state index in [1.54, 1.807) is 11.3 Å². The quantitative estimate of drug-likeness (QED) is 0.184. The molecule has 0 aliphatic carbocycles. The number of rotatable bonds is 5. The molecule has 0 spiro atoms. The number of fused-ring (bicyclic) bond motifs is 6. The second-order valence-corrected chi connectivity index (χ2v) is 13.3. The van der Waals surface area contributed by atoms with Crippen LogP contribution in [0.2, 0.25) is 0 Å². The predicted octanol–water partition coefficient (Wildman–Crippen LogP) is 11.9. The summed E-state index contributed by atoms with van der Waals surface area (Å²) in [5.41, 5.74) is 11.0. The highest BCUT2D eigenvalue weighted by Crippen LogP contribution is 2.40. The third-order valence-electron chi connectivity index (χ3n) is 9.11. The Bertz CT molecular complexity index is 2880. The summed E-state index contributed by atoms with van der Waals surface area (Å²) in [5, 5.41) is 2.12. The molecule has 234 valence electrons. The van der Waals surface area contributed by atoms with Gasteiger partial charge < -0.3 is 4.42 Å². The molecule has 0 fully saturated rings. The molecule has 0 aliphatic rings. The summed E-state index contributed by atoms with van der Waals surface area (Å²) in [6.45, 7) is 0. The van der Waals surface area contributed by atoms with Crippen molar-refractivity contribution in [3.05, 3.63) is 158 Å². The number of thiophene rings is 1. The van der Waals surface area contributed by atoms with Crippen molar-refractivity contribution >= 4 is 53.7 Å². The second-order valence-electron chi connectivity index (χ2n) is 12.2. The Kier molecular flexibility index (Phi) is 6.60. The van der Waals surface area contributed by atoms with Crippen molar-refractivity contribution < 1.29 is 4.42 Å². The number of benzene rings is 6. The van der Waals surface area contributed by atoms with Crippen LogP contribution in [-0.2, 0) is 0 Å². The van der Waals surface area contributed by atoms with E-state index in [2.05, 4.69) is 103 Å². The lowest BCUT2D eigenvalue weighted by Crippen LogP contribution is -1.94. The van der Waals surface area contributed by atoms with Crippen LogP contribution in [0.5, 0.6) is 0 Å². The summed E-state index contributed by atoms with van der Waals surface area (Å²) < 4.78 is 8.72. The number of furan rings is 1. The Morgan fingerprint density at radius 1 is 0.400 bits per heavy atom. The van der Waals surface area contributed by atoms with Crippen LogP contribution >= 0.6 is 11.3 Å². The van der Waals surface area contributed by atoms with Gasteiger partial charge in [-0.2, -0.15) is 0 Å². The van der Waals surface area contributed by atoms with E-state index in [1.807, 2.05) is 54.6 Å². The summed E-state index contributed by atoms with van der Waals surface area (Å²) in [4.78, 5) is 20.5. The smallest absolute Gasteiger partial charge is 0.180 e. The first-order valence-corrected chi connectivity index (χ1v) is 17.3. The van der Waals surface area contributed by atoms with Gasteiger partial charge in [0.1, 0.15) is 16.8 Å². The molecule has 0 saturated heterocycles. The van der Waals surface area contributed by atoms with Crippen LogP contribution in [0.25, 0.3) is 98.8 Å². The highest BCUT2D eigenvalue weighted by molar-refractivity contribution is 7.26. The molecule has 0 bridgehead atoms. The predicted molar refractivity (Wildman–Crippen MR) is 205 cm³/mol. The maximum absolute atomic E-state index is 6.42. The number of para-hydroxylation sites is 1. The first-order chi connectivity index (χ1) is 24.8. The number of hydrogen-bond donors (Lipinski definition) is 0. The number of nitrogens with zero attached hydrogens (tertiary/aromatic N) is 4. The average Bonchev–Trinajstić information content (AvgIpc) is 3.76. The summed E-state index contributed by atoms with van der Waals surface area (Å²) in [7, 11) is 0. The van der Waals surface area contributed by atoms with E-state index in [9.17, 15) is 0 Å². The van der Waals surface area contributed by atoms with Gasteiger partial charge in [0.25, 0.3) is 0 Å². The Hall–Kier alpha value is -6.50. The van der Waals surface area contributed by atoms with E-state index >= 15 is 0 Å². The van der Waals surface area contributed by atoms with Gasteiger partial charge >= 0.3 is 0 Å². The van der Waals surface area contributed by atoms with Crippen molar-refractivity contribution in [3.63, 3.8) is 0 Å². The molecular weight excluding hydrogens is 633 g/mol. The van der Waals surface area contributed by atoms with Gasteiger partial charge in [0.15, 0.2) is 17.2 Å². The number of aromatic nitrogens is 4. The molecule has 4 heterocycles. The van der Waals surface area contributed by atoms with E-state index in [0.717, 1.165) is 76.9 Å². The molecule has 0 radical (unpaired) electrons. The summed E-state index contributed by atoms with van der Waals surface area (Å²) in [6, 6.07) is 53.9. The van der Waals surface area contributed by atoms with Crippen LogP contribution < -0.4 is 0 Å². The standard InChI is InChI=1S/C44H26N4OS/c1-3-13-27(14-4-1)38-42-40(34-22-8-10-24-36(34)50-42)48-44(46-38)32-20-12-18-30(26-32)29-17-11-19-31(25-29)37-41-39(33-21-7-9-23-35(33)49-41)47-43(45-37)28-15-5-2-6-16-28/h1-26H. The van der Waals surface area contributed by atoms with Gasteiger partial charge in [0.05, 0.1) is 15.9 Å². The molecule has 0 unspecified atom stereocenters. The fourth-order valence-electron chi connectivity index (χ4n) is 6.70. The summed E-state index contributed by atoms with van der Waals surface area (Å²) >= 11 is 1.74. The van der Waals surface area contributed by atoms with Gasteiger partial charge in [-0.1, -0.05) is 127 Å². The molecule has 4 aromatic heterocycles. The van der Waals surface area contributed by atoms with Gasteiger partial charge in [-0.05, 0) is 41.5 Å². The first kappa shape index (κ1) is 28.5. The van der Waals surface area contributed by atoms with Crippen LogP contribution in [0.15, 0.2) is 162 Å². The van der Waals surface area contributed by atoms with E-state index in [4.69, 9.17) is 24.4 Å². The molecule has 0 amide bonds. The van der Waals surface area contributed by atoms with E-state index in [-0.39, 0.29) is 0 Å². The zero-order valence-electron chi connectivity index (χ0n) is 26.6. The fraction of sp³-hybridized carbons (Fsp3) is 0. The highest BCUT2D eigenvalue weighted by atomic mass is 32.1. The molecule has 50 heavy (non-hydrogen) atoms. The minimum Gasteiger partial charge on any atom is -0.452 e. The van der Waals surface area contributed by atoms with Crippen LogP contribution in [-0.4, -0.2) is 19.9 Å². The second kappa shape index (κ2) is 11.6. The van der Waals surface area contributed by atoms with E-state index in [0.29, 0.717) is 17.2 Å². The number of hydrogen-bond acceptors (Lipinski definition) is 6. The monoisotopic (exact) mass is 658 g/mol. The molecule has 0 saturated carbocycles.